The van der Waals surface area contributed by atoms with E-state index in [0.717, 1.165) is 34.9 Å². The quantitative estimate of drug-likeness (QED) is 0.416. The van der Waals surface area contributed by atoms with Crippen molar-refractivity contribution in [1.29, 1.82) is 0 Å². The number of nitrogens with one attached hydrogen (secondary N) is 1. The van der Waals surface area contributed by atoms with Gasteiger partial charge in [-0.15, -0.1) is 11.3 Å². The summed E-state index contributed by atoms with van der Waals surface area (Å²) in [6, 6.07) is 15.2. The van der Waals surface area contributed by atoms with Gasteiger partial charge in [-0.2, -0.15) is 0 Å². The molecule has 7 heteroatoms. The number of methoxy groups -OCH3 is 1. The lowest BCUT2D eigenvalue weighted by atomic mass is 10.2. The number of aromatic nitrogens is 1. The molecule has 0 fully saturated rings. The van der Waals surface area contributed by atoms with Crippen molar-refractivity contribution in [3.8, 4) is 28.5 Å². The number of carbonyl (C=O) groups excluding carboxylic acids is 1. The molecule has 0 aliphatic heterocycles. The lowest BCUT2D eigenvalue weighted by molar-refractivity contribution is -0.116. The van der Waals surface area contributed by atoms with Gasteiger partial charge in [0, 0.05) is 17.4 Å². The summed E-state index contributed by atoms with van der Waals surface area (Å²) < 4.78 is 16.4. The van der Waals surface area contributed by atoms with Gasteiger partial charge in [0.2, 0.25) is 5.91 Å². The van der Waals surface area contributed by atoms with Gasteiger partial charge in [-0.3, -0.25) is 4.79 Å². The van der Waals surface area contributed by atoms with Gasteiger partial charge in [-0.05, 0) is 61.4 Å². The third-order valence-electron chi connectivity index (χ3n) is 4.25. The molecular formula is C23H26N2O4S. The first-order chi connectivity index (χ1) is 14.7. The second-order valence-corrected chi connectivity index (χ2v) is 7.44. The third kappa shape index (κ3) is 6.49. The molecule has 0 radical (unpaired) electrons. The maximum atomic E-state index is 12.2. The largest absolute Gasteiger partial charge is 0.497 e. The average Bonchev–Trinajstić information content (AvgIpc) is 3.24. The molecule has 1 N–H and O–H groups in total. The maximum absolute atomic E-state index is 12.2. The Bertz CT molecular complexity index is 923. The molecule has 0 spiro atoms. The highest BCUT2D eigenvalue weighted by molar-refractivity contribution is 7.14. The number of benzene rings is 2. The van der Waals surface area contributed by atoms with E-state index in [9.17, 15) is 4.79 Å². The van der Waals surface area contributed by atoms with Crippen LogP contribution in [0.5, 0.6) is 17.2 Å². The van der Waals surface area contributed by atoms with Crippen molar-refractivity contribution in [2.45, 2.75) is 26.2 Å². The van der Waals surface area contributed by atoms with Crippen LogP contribution in [0.4, 0.5) is 5.13 Å². The van der Waals surface area contributed by atoms with Gasteiger partial charge in [-0.1, -0.05) is 6.92 Å². The van der Waals surface area contributed by atoms with Crippen molar-refractivity contribution in [2.75, 3.05) is 25.6 Å². The number of carbonyl (C=O) groups is 1. The summed E-state index contributed by atoms with van der Waals surface area (Å²) in [5.41, 5.74) is 1.82. The Morgan fingerprint density at radius 1 is 0.967 bits per heavy atom. The minimum Gasteiger partial charge on any atom is -0.497 e. The van der Waals surface area contributed by atoms with E-state index < -0.39 is 0 Å². The van der Waals surface area contributed by atoms with Crippen LogP contribution in [0.2, 0.25) is 0 Å². The molecule has 0 saturated heterocycles. The molecule has 0 unspecified atom stereocenters. The summed E-state index contributed by atoms with van der Waals surface area (Å²) in [5, 5.41) is 5.39. The number of ether oxygens (including phenoxy) is 3. The van der Waals surface area contributed by atoms with Crippen LogP contribution in [0.1, 0.15) is 26.2 Å². The minimum absolute atomic E-state index is 0.0717. The number of amides is 1. The fourth-order valence-corrected chi connectivity index (χ4v) is 3.42. The number of hydrogen-bond acceptors (Lipinski definition) is 6. The standard InChI is InChI=1S/C23H26N2O4S/c1-3-14-28-19-8-6-17(7-9-19)21-16-30-23(24-21)25-22(26)5-4-15-29-20-12-10-18(27-2)11-13-20/h6-13,16H,3-5,14-15H2,1-2H3,(H,24,25,26). The molecule has 1 heterocycles. The fraction of sp³-hybridized carbons (Fsp3) is 0.304. The van der Waals surface area contributed by atoms with Gasteiger partial charge in [0.15, 0.2) is 5.13 Å². The zero-order valence-electron chi connectivity index (χ0n) is 17.2. The zero-order chi connectivity index (χ0) is 21.2. The summed E-state index contributed by atoms with van der Waals surface area (Å²) in [6.45, 7) is 3.25. The molecule has 0 aliphatic rings. The molecule has 0 atom stereocenters. The Hall–Kier alpha value is -3.06. The van der Waals surface area contributed by atoms with Crippen molar-refractivity contribution in [3.05, 3.63) is 53.9 Å². The van der Waals surface area contributed by atoms with E-state index in [4.69, 9.17) is 14.2 Å². The first-order valence-corrected chi connectivity index (χ1v) is 10.8. The van der Waals surface area contributed by atoms with Crippen molar-refractivity contribution in [3.63, 3.8) is 0 Å². The van der Waals surface area contributed by atoms with Crippen LogP contribution in [-0.4, -0.2) is 31.2 Å². The second kappa shape index (κ2) is 11.2. The first-order valence-electron chi connectivity index (χ1n) is 9.93. The van der Waals surface area contributed by atoms with E-state index in [-0.39, 0.29) is 5.91 Å². The zero-order valence-corrected chi connectivity index (χ0v) is 18.0. The van der Waals surface area contributed by atoms with Crippen LogP contribution in [0, 0.1) is 0 Å². The predicted molar refractivity (Wildman–Crippen MR) is 120 cm³/mol. The van der Waals surface area contributed by atoms with Crippen LogP contribution in [0.3, 0.4) is 0 Å². The van der Waals surface area contributed by atoms with Gasteiger partial charge < -0.3 is 19.5 Å². The molecule has 158 valence electrons. The Balaban J connectivity index is 1.41. The van der Waals surface area contributed by atoms with Crippen LogP contribution < -0.4 is 19.5 Å². The summed E-state index contributed by atoms with van der Waals surface area (Å²) in [5.74, 6) is 2.32. The van der Waals surface area contributed by atoms with E-state index in [0.29, 0.717) is 31.2 Å². The molecule has 1 aromatic heterocycles. The first kappa shape index (κ1) is 21.6. The molecule has 3 rings (SSSR count). The predicted octanol–water partition coefficient (Wildman–Crippen LogP) is 5.41. The topological polar surface area (TPSA) is 69.7 Å². The van der Waals surface area contributed by atoms with Crippen molar-refractivity contribution >= 4 is 22.4 Å². The van der Waals surface area contributed by atoms with Crippen molar-refractivity contribution in [2.24, 2.45) is 0 Å². The van der Waals surface area contributed by atoms with Crippen LogP contribution in [-0.2, 0) is 4.79 Å². The summed E-state index contributed by atoms with van der Waals surface area (Å²) in [7, 11) is 1.62. The average molecular weight is 427 g/mol. The molecule has 3 aromatic rings. The monoisotopic (exact) mass is 426 g/mol. The van der Waals surface area contributed by atoms with Gasteiger partial charge in [0.1, 0.15) is 17.2 Å². The summed E-state index contributed by atoms with van der Waals surface area (Å²) in [4.78, 5) is 16.7. The smallest absolute Gasteiger partial charge is 0.226 e. The van der Waals surface area contributed by atoms with E-state index in [1.165, 1.54) is 11.3 Å². The Morgan fingerprint density at radius 2 is 1.60 bits per heavy atom. The minimum atomic E-state index is -0.0717. The molecule has 6 nitrogen and oxygen atoms in total. The van der Waals surface area contributed by atoms with Gasteiger partial charge in [0.05, 0.1) is 26.0 Å². The van der Waals surface area contributed by atoms with Gasteiger partial charge >= 0.3 is 0 Å². The Morgan fingerprint density at radius 3 is 2.27 bits per heavy atom. The maximum Gasteiger partial charge on any atom is 0.226 e. The normalized spacial score (nSPS) is 10.5. The van der Waals surface area contributed by atoms with Crippen LogP contribution in [0.25, 0.3) is 11.3 Å². The van der Waals surface area contributed by atoms with E-state index in [1.807, 2.05) is 53.9 Å². The Labute approximate surface area is 180 Å². The molecule has 0 saturated carbocycles. The highest BCUT2D eigenvalue weighted by Crippen LogP contribution is 2.26. The van der Waals surface area contributed by atoms with E-state index >= 15 is 0 Å². The number of rotatable bonds is 11. The van der Waals surface area contributed by atoms with Crippen molar-refractivity contribution < 1.29 is 19.0 Å². The van der Waals surface area contributed by atoms with E-state index in [1.54, 1.807) is 7.11 Å². The number of thiazole rings is 1. The fourth-order valence-electron chi connectivity index (χ4n) is 2.68. The Kier molecular flexibility index (Phi) is 8.09. The van der Waals surface area contributed by atoms with Crippen LogP contribution >= 0.6 is 11.3 Å². The SMILES string of the molecule is CCCOc1ccc(-c2csc(NC(=O)CCCOc3ccc(OC)cc3)n2)cc1. The van der Waals surface area contributed by atoms with E-state index in [2.05, 4.69) is 17.2 Å². The summed E-state index contributed by atoms with van der Waals surface area (Å²) in [6.07, 6.45) is 1.97. The highest BCUT2D eigenvalue weighted by atomic mass is 32.1. The summed E-state index contributed by atoms with van der Waals surface area (Å²) >= 11 is 1.41. The van der Waals surface area contributed by atoms with Crippen LogP contribution in [0.15, 0.2) is 53.9 Å². The van der Waals surface area contributed by atoms with Crippen molar-refractivity contribution in [1.82, 2.24) is 4.98 Å². The lowest BCUT2D eigenvalue weighted by Gasteiger charge is -2.07. The number of hydrogen-bond donors (Lipinski definition) is 1. The second-order valence-electron chi connectivity index (χ2n) is 6.59. The number of anilines is 1. The molecule has 1 amide bonds. The molecule has 0 bridgehead atoms. The molecular weight excluding hydrogens is 400 g/mol. The molecule has 30 heavy (non-hydrogen) atoms. The molecule has 0 aliphatic carbocycles. The van der Waals surface area contributed by atoms with Gasteiger partial charge in [-0.25, -0.2) is 4.98 Å². The third-order valence-corrected chi connectivity index (χ3v) is 5.01. The number of nitrogens with zero attached hydrogens (tertiary/aromatic N) is 1. The molecule has 2 aromatic carbocycles. The van der Waals surface area contributed by atoms with Gasteiger partial charge in [0.25, 0.3) is 0 Å². The lowest BCUT2D eigenvalue weighted by Crippen LogP contribution is -2.12. The highest BCUT2D eigenvalue weighted by Gasteiger charge is 2.09.